The second-order valence-corrected chi connectivity index (χ2v) is 5.52. The van der Waals surface area contributed by atoms with Gasteiger partial charge in [-0.05, 0) is 25.8 Å². The molecule has 1 saturated heterocycles. The van der Waals surface area contributed by atoms with Crippen molar-refractivity contribution < 1.29 is 4.79 Å². The summed E-state index contributed by atoms with van der Waals surface area (Å²) in [5, 5.41) is 3.04. The van der Waals surface area contributed by atoms with E-state index in [1.165, 1.54) is 6.20 Å². The summed E-state index contributed by atoms with van der Waals surface area (Å²) >= 11 is 0. The highest BCUT2D eigenvalue weighted by atomic mass is 16.1. The van der Waals surface area contributed by atoms with E-state index >= 15 is 0 Å². The van der Waals surface area contributed by atoms with Crippen molar-refractivity contribution in [2.75, 3.05) is 18.0 Å². The van der Waals surface area contributed by atoms with E-state index in [0.29, 0.717) is 17.9 Å². The van der Waals surface area contributed by atoms with Crippen molar-refractivity contribution in [2.45, 2.75) is 25.8 Å². The molecule has 0 aromatic carbocycles. The van der Waals surface area contributed by atoms with Crippen LogP contribution >= 0.6 is 0 Å². The maximum absolute atomic E-state index is 12.3. The molecule has 7 nitrogen and oxygen atoms in total. The summed E-state index contributed by atoms with van der Waals surface area (Å²) in [6.45, 7) is 3.24. The molecule has 0 radical (unpaired) electrons. The SMILES string of the molecule is Cc1[nH]ccc1C(=O)NC1CCCN(c2ncc[nH]c2=O)C1. The van der Waals surface area contributed by atoms with E-state index in [0.717, 1.165) is 25.1 Å². The third-order valence-electron chi connectivity index (χ3n) is 3.94. The molecule has 0 bridgehead atoms. The van der Waals surface area contributed by atoms with Gasteiger partial charge in [0.1, 0.15) is 0 Å². The highest BCUT2D eigenvalue weighted by Gasteiger charge is 2.24. The Hall–Kier alpha value is -2.57. The number of aryl methyl sites for hydroxylation is 1. The highest BCUT2D eigenvalue weighted by molar-refractivity contribution is 5.95. The fourth-order valence-corrected chi connectivity index (χ4v) is 2.82. The Morgan fingerprint density at radius 2 is 2.27 bits per heavy atom. The molecule has 1 amide bonds. The molecular weight excluding hydrogens is 282 g/mol. The van der Waals surface area contributed by atoms with Gasteiger partial charge in [0.25, 0.3) is 11.5 Å². The summed E-state index contributed by atoms with van der Waals surface area (Å²) in [5.74, 6) is 0.333. The van der Waals surface area contributed by atoms with E-state index in [1.807, 2.05) is 11.8 Å². The van der Waals surface area contributed by atoms with Gasteiger partial charge in [-0.1, -0.05) is 0 Å². The number of hydrogen-bond acceptors (Lipinski definition) is 4. The molecule has 2 aromatic heterocycles. The predicted octanol–water partition coefficient (Wildman–Crippen LogP) is 0.805. The minimum absolute atomic E-state index is 0.0111. The Morgan fingerprint density at radius 1 is 1.41 bits per heavy atom. The Bertz CT molecular complexity index is 720. The lowest BCUT2D eigenvalue weighted by Crippen LogP contribution is -2.49. The monoisotopic (exact) mass is 301 g/mol. The molecule has 1 atom stereocenters. The molecule has 0 aliphatic carbocycles. The maximum Gasteiger partial charge on any atom is 0.290 e. The molecule has 0 saturated carbocycles. The third kappa shape index (κ3) is 2.88. The zero-order valence-corrected chi connectivity index (χ0v) is 12.4. The van der Waals surface area contributed by atoms with Crippen LogP contribution in [-0.2, 0) is 0 Å². The van der Waals surface area contributed by atoms with Gasteiger partial charge in [0.15, 0.2) is 5.82 Å². The summed E-state index contributed by atoms with van der Waals surface area (Å²) in [5.41, 5.74) is 1.31. The molecule has 22 heavy (non-hydrogen) atoms. The van der Waals surface area contributed by atoms with Gasteiger partial charge in [0.2, 0.25) is 0 Å². The molecule has 116 valence electrons. The van der Waals surface area contributed by atoms with Crippen LogP contribution in [0, 0.1) is 6.92 Å². The van der Waals surface area contributed by atoms with Crippen LogP contribution in [0.1, 0.15) is 28.9 Å². The first-order valence-corrected chi connectivity index (χ1v) is 7.38. The highest BCUT2D eigenvalue weighted by Crippen LogP contribution is 2.15. The first kappa shape index (κ1) is 14.4. The minimum Gasteiger partial charge on any atom is -0.365 e. The van der Waals surface area contributed by atoms with Gasteiger partial charge in [0, 0.05) is 43.4 Å². The average molecular weight is 301 g/mol. The van der Waals surface area contributed by atoms with Gasteiger partial charge in [-0.3, -0.25) is 9.59 Å². The number of aromatic nitrogens is 3. The van der Waals surface area contributed by atoms with Crippen LogP contribution in [0.5, 0.6) is 0 Å². The molecule has 1 aliphatic heterocycles. The van der Waals surface area contributed by atoms with E-state index in [9.17, 15) is 9.59 Å². The van der Waals surface area contributed by atoms with Crippen LogP contribution in [0.15, 0.2) is 29.5 Å². The first-order valence-electron chi connectivity index (χ1n) is 7.38. The molecular formula is C15H19N5O2. The van der Waals surface area contributed by atoms with E-state index in [4.69, 9.17) is 0 Å². The molecule has 3 N–H and O–H groups in total. The van der Waals surface area contributed by atoms with Gasteiger partial charge in [0.05, 0.1) is 5.56 Å². The number of H-pyrrole nitrogens is 2. The van der Waals surface area contributed by atoms with E-state index < -0.39 is 0 Å². The quantitative estimate of drug-likeness (QED) is 0.782. The number of rotatable bonds is 3. The Labute approximate surface area is 127 Å². The molecule has 7 heteroatoms. The molecule has 3 heterocycles. The summed E-state index contributed by atoms with van der Waals surface area (Å²) in [6.07, 6.45) is 6.65. The lowest BCUT2D eigenvalue weighted by atomic mass is 10.1. The number of carbonyl (C=O) groups excluding carboxylic acids is 1. The van der Waals surface area contributed by atoms with E-state index in [2.05, 4.69) is 20.3 Å². The number of amides is 1. The summed E-state index contributed by atoms with van der Waals surface area (Å²) in [6, 6.07) is 1.78. The van der Waals surface area contributed by atoms with Crippen molar-refractivity contribution in [3.63, 3.8) is 0 Å². The van der Waals surface area contributed by atoms with Crippen molar-refractivity contribution in [2.24, 2.45) is 0 Å². The van der Waals surface area contributed by atoms with Crippen molar-refractivity contribution >= 4 is 11.7 Å². The second-order valence-electron chi connectivity index (χ2n) is 5.52. The normalized spacial score (nSPS) is 18.2. The van der Waals surface area contributed by atoms with E-state index in [1.54, 1.807) is 18.5 Å². The Kier molecular flexibility index (Phi) is 3.95. The minimum atomic E-state index is -0.198. The number of nitrogens with zero attached hydrogens (tertiary/aromatic N) is 2. The van der Waals surface area contributed by atoms with Crippen molar-refractivity contribution in [3.8, 4) is 0 Å². The van der Waals surface area contributed by atoms with Crippen molar-refractivity contribution in [1.29, 1.82) is 0 Å². The molecule has 1 aliphatic rings. The van der Waals surface area contributed by atoms with Crippen LogP contribution in [0.3, 0.4) is 0 Å². The van der Waals surface area contributed by atoms with Crippen molar-refractivity contribution in [1.82, 2.24) is 20.3 Å². The lowest BCUT2D eigenvalue weighted by molar-refractivity contribution is 0.0932. The molecule has 1 fully saturated rings. The van der Waals surface area contributed by atoms with Crippen LogP contribution in [-0.4, -0.2) is 40.0 Å². The number of carbonyl (C=O) groups is 1. The smallest absolute Gasteiger partial charge is 0.290 e. The molecule has 0 spiro atoms. The van der Waals surface area contributed by atoms with Crippen LogP contribution in [0.25, 0.3) is 0 Å². The van der Waals surface area contributed by atoms with Gasteiger partial charge >= 0.3 is 0 Å². The predicted molar refractivity (Wildman–Crippen MR) is 83.1 cm³/mol. The fraction of sp³-hybridized carbons (Fsp3) is 0.400. The summed E-state index contributed by atoms with van der Waals surface area (Å²) in [4.78, 5) is 35.8. The van der Waals surface area contributed by atoms with Crippen molar-refractivity contribution in [3.05, 3.63) is 46.3 Å². The van der Waals surface area contributed by atoms with Gasteiger partial charge in [-0.2, -0.15) is 0 Å². The number of anilines is 1. The van der Waals surface area contributed by atoms with Crippen LogP contribution in [0.2, 0.25) is 0 Å². The number of piperidine rings is 1. The zero-order valence-electron chi connectivity index (χ0n) is 12.4. The largest absolute Gasteiger partial charge is 0.365 e. The van der Waals surface area contributed by atoms with Crippen LogP contribution in [0.4, 0.5) is 5.82 Å². The maximum atomic E-state index is 12.3. The number of aromatic amines is 2. The molecule has 3 rings (SSSR count). The zero-order chi connectivity index (χ0) is 15.5. The summed E-state index contributed by atoms with van der Waals surface area (Å²) in [7, 11) is 0. The Morgan fingerprint density at radius 3 is 3.00 bits per heavy atom. The number of nitrogens with one attached hydrogen (secondary N) is 3. The standard InChI is InChI=1S/C15H19N5O2/c1-10-12(4-5-16-10)14(21)19-11-3-2-8-20(9-11)13-15(22)18-7-6-17-13/h4-7,11,16H,2-3,8-9H2,1H3,(H,18,22)(H,19,21). The van der Waals surface area contributed by atoms with Gasteiger partial charge < -0.3 is 20.2 Å². The number of hydrogen-bond donors (Lipinski definition) is 3. The average Bonchev–Trinajstić information content (AvgIpc) is 2.94. The molecule has 1 unspecified atom stereocenters. The third-order valence-corrected chi connectivity index (χ3v) is 3.94. The van der Waals surface area contributed by atoms with Gasteiger partial charge in [-0.15, -0.1) is 0 Å². The fourth-order valence-electron chi connectivity index (χ4n) is 2.82. The summed E-state index contributed by atoms with van der Waals surface area (Å²) < 4.78 is 0. The molecule has 2 aromatic rings. The van der Waals surface area contributed by atoms with Gasteiger partial charge in [-0.25, -0.2) is 4.98 Å². The lowest BCUT2D eigenvalue weighted by Gasteiger charge is -2.33. The van der Waals surface area contributed by atoms with Crippen LogP contribution < -0.4 is 15.8 Å². The topological polar surface area (TPSA) is 93.9 Å². The Balaban J connectivity index is 1.69. The second kappa shape index (κ2) is 6.05. The van der Waals surface area contributed by atoms with E-state index in [-0.39, 0.29) is 17.5 Å². The first-order chi connectivity index (χ1) is 10.6.